The van der Waals surface area contributed by atoms with Gasteiger partial charge in [0, 0.05) is 5.02 Å². The summed E-state index contributed by atoms with van der Waals surface area (Å²) in [5.74, 6) is 0. The Morgan fingerprint density at radius 3 is 2.08 bits per heavy atom. The Hall–Kier alpha value is -0.700. The summed E-state index contributed by atoms with van der Waals surface area (Å²) >= 11 is 5.63. The Balaban J connectivity index is 3.29. The third-order valence-corrected chi connectivity index (χ3v) is 2.32. The first kappa shape index (κ1) is 10.4. The molecule has 72 valence electrons. The summed E-state index contributed by atoms with van der Waals surface area (Å²) in [5, 5.41) is 0.160. The number of hydrogen-bond acceptors (Lipinski definition) is 0. The molecule has 1 aromatic rings. The number of aryl methyl sites for hydroxylation is 1. The van der Waals surface area contributed by atoms with Gasteiger partial charge in [-0.3, -0.25) is 0 Å². The van der Waals surface area contributed by atoms with Crippen LogP contribution in [0, 0.1) is 13.8 Å². The van der Waals surface area contributed by atoms with Gasteiger partial charge in [0.25, 0.3) is 0 Å². The van der Waals surface area contributed by atoms with Gasteiger partial charge in [-0.25, -0.2) is 0 Å². The van der Waals surface area contributed by atoms with Crippen LogP contribution in [-0.4, -0.2) is 0 Å². The Kier molecular flexibility index (Phi) is 2.57. The first-order valence-corrected chi connectivity index (χ1v) is 4.04. The second-order valence-electron chi connectivity index (χ2n) is 2.90. The minimum Gasteiger partial charge on any atom is -0.166 e. The highest BCUT2D eigenvalue weighted by Crippen LogP contribution is 2.33. The van der Waals surface area contributed by atoms with Gasteiger partial charge >= 0.3 is 6.18 Å². The van der Waals surface area contributed by atoms with Crippen LogP contribution in [0.2, 0.25) is 5.02 Å². The molecule has 0 radical (unpaired) electrons. The largest absolute Gasteiger partial charge is 0.416 e. The van der Waals surface area contributed by atoms with Crippen molar-refractivity contribution in [1.82, 2.24) is 0 Å². The lowest BCUT2D eigenvalue weighted by Crippen LogP contribution is -2.05. The molecule has 0 atom stereocenters. The van der Waals surface area contributed by atoms with Gasteiger partial charge in [0.15, 0.2) is 0 Å². The number of rotatable bonds is 0. The molecule has 0 N–H and O–H groups in total. The van der Waals surface area contributed by atoms with Crippen LogP contribution < -0.4 is 0 Å². The summed E-state index contributed by atoms with van der Waals surface area (Å²) in [6.07, 6.45) is -4.32. The molecular weight excluding hydrogens is 201 g/mol. The maximum absolute atomic E-state index is 12.2. The molecule has 0 spiro atoms. The molecule has 1 rings (SSSR count). The molecule has 1 aromatic carbocycles. The van der Waals surface area contributed by atoms with Gasteiger partial charge in [0.2, 0.25) is 0 Å². The third kappa shape index (κ3) is 2.15. The predicted octanol–water partition coefficient (Wildman–Crippen LogP) is 3.98. The second-order valence-corrected chi connectivity index (χ2v) is 3.30. The smallest absolute Gasteiger partial charge is 0.166 e. The molecule has 13 heavy (non-hydrogen) atoms. The van der Waals surface area contributed by atoms with Crippen molar-refractivity contribution in [1.29, 1.82) is 0 Å². The maximum Gasteiger partial charge on any atom is 0.416 e. The van der Waals surface area contributed by atoms with Crippen LogP contribution in [0.25, 0.3) is 0 Å². The fraction of sp³-hybridized carbons (Fsp3) is 0.333. The van der Waals surface area contributed by atoms with Crippen molar-refractivity contribution in [2.75, 3.05) is 0 Å². The Morgan fingerprint density at radius 1 is 1.15 bits per heavy atom. The van der Waals surface area contributed by atoms with E-state index < -0.39 is 11.7 Å². The SMILES string of the molecule is Cc1cc(C(F)(F)F)cc(Cl)c1C. The predicted molar refractivity (Wildman–Crippen MR) is 45.9 cm³/mol. The molecule has 0 aliphatic heterocycles. The molecule has 0 unspecified atom stereocenters. The molecule has 0 nitrogen and oxygen atoms in total. The number of benzene rings is 1. The molecule has 0 aliphatic rings. The van der Waals surface area contributed by atoms with Crippen LogP contribution in [-0.2, 0) is 6.18 Å². The minimum absolute atomic E-state index is 0.160. The van der Waals surface area contributed by atoms with Gasteiger partial charge in [-0.15, -0.1) is 0 Å². The summed E-state index contributed by atoms with van der Waals surface area (Å²) in [7, 11) is 0. The average molecular weight is 209 g/mol. The molecule has 0 bridgehead atoms. The van der Waals surface area contributed by atoms with Crippen molar-refractivity contribution in [3.05, 3.63) is 33.8 Å². The average Bonchev–Trinajstić information content (AvgIpc) is 1.97. The van der Waals surface area contributed by atoms with Gasteiger partial charge in [-0.2, -0.15) is 13.2 Å². The highest BCUT2D eigenvalue weighted by Gasteiger charge is 2.31. The summed E-state index contributed by atoms with van der Waals surface area (Å²) in [6.45, 7) is 3.30. The monoisotopic (exact) mass is 208 g/mol. The standard InChI is InChI=1S/C9H8ClF3/c1-5-3-7(9(11,12)13)4-8(10)6(5)2/h3-4H,1-2H3. The lowest BCUT2D eigenvalue weighted by molar-refractivity contribution is -0.137. The Morgan fingerprint density at radius 2 is 1.69 bits per heavy atom. The van der Waals surface area contributed by atoms with Crippen molar-refractivity contribution in [3.8, 4) is 0 Å². The fourth-order valence-electron chi connectivity index (χ4n) is 0.980. The molecule has 0 heterocycles. The lowest BCUT2D eigenvalue weighted by Gasteiger charge is -2.10. The van der Waals surface area contributed by atoms with Crippen LogP contribution in [0.3, 0.4) is 0 Å². The molecule has 4 heteroatoms. The van der Waals surface area contributed by atoms with Gasteiger partial charge in [-0.05, 0) is 37.1 Å². The van der Waals surface area contributed by atoms with E-state index in [1.54, 1.807) is 13.8 Å². The molecular formula is C9H8ClF3. The molecule has 0 saturated heterocycles. The second kappa shape index (κ2) is 3.22. The number of halogens is 4. The molecule has 0 aliphatic carbocycles. The summed E-state index contributed by atoms with van der Waals surface area (Å²) in [5.41, 5.74) is 0.551. The van der Waals surface area contributed by atoms with E-state index in [-0.39, 0.29) is 5.02 Å². The normalized spacial score (nSPS) is 11.8. The molecule has 0 aromatic heterocycles. The summed E-state index contributed by atoms with van der Waals surface area (Å²) in [6, 6.07) is 2.05. The van der Waals surface area contributed by atoms with Crippen LogP contribution in [0.5, 0.6) is 0 Å². The summed E-state index contributed by atoms with van der Waals surface area (Å²) in [4.78, 5) is 0. The van der Waals surface area contributed by atoms with E-state index in [4.69, 9.17) is 11.6 Å². The van der Waals surface area contributed by atoms with Gasteiger partial charge < -0.3 is 0 Å². The van der Waals surface area contributed by atoms with E-state index in [0.717, 1.165) is 12.1 Å². The van der Waals surface area contributed by atoms with E-state index in [2.05, 4.69) is 0 Å². The lowest BCUT2D eigenvalue weighted by atomic mass is 10.1. The molecule has 0 amide bonds. The first-order chi connectivity index (χ1) is 5.82. The van der Waals surface area contributed by atoms with Crippen LogP contribution in [0.15, 0.2) is 12.1 Å². The minimum atomic E-state index is -4.32. The molecule has 0 fully saturated rings. The highest BCUT2D eigenvalue weighted by atomic mass is 35.5. The highest BCUT2D eigenvalue weighted by molar-refractivity contribution is 6.31. The van der Waals surface area contributed by atoms with Crippen LogP contribution in [0.1, 0.15) is 16.7 Å². The van der Waals surface area contributed by atoms with Crippen molar-refractivity contribution in [2.24, 2.45) is 0 Å². The van der Waals surface area contributed by atoms with E-state index in [9.17, 15) is 13.2 Å². The van der Waals surface area contributed by atoms with E-state index in [1.165, 1.54) is 0 Å². The van der Waals surface area contributed by atoms with Crippen molar-refractivity contribution >= 4 is 11.6 Å². The number of alkyl halides is 3. The van der Waals surface area contributed by atoms with E-state index in [1.807, 2.05) is 0 Å². The van der Waals surface area contributed by atoms with E-state index >= 15 is 0 Å². The maximum atomic E-state index is 12.2. The zero-order valence-electron chi connectivity index (χ0n) is 7.17. The Bertz CT molecular complexity index is 305. The van der Waals surface area contributed by atoms with Crippen molar-refractivity contribution in [2.45, 2.75) is 20.0 Å². The van der Waals surface area contributed by atoms with Crippen molar-refractivity contribution in [3.63, 3.8) is 0 Å². The molecule has 0 saturated carbocycles. The quantitative estimate of drug-likeness (QED) is 0.605. The summed E-state index contributed by atoms with van der Waals surface area (Å²) < 4.78 is 36.7. The van der Waals surface area contributed by atoms with Gasteiger partial charge in [-0.1, -0.05) is 11.6 Å². The number of hydrogen-bond donors (Lipinski definition) is 0. The zero-order chi connectivity index (χ0) is 10.2. The van der Waals surface area contributed by atoms with Gasteiger partial charge in [0.05, 0.1) is 5.56 Å². The van der Waals surface area contributed by atoms with Gasteiger partial charge in [0.1, 0.15) is 0 Å². The first-order valence-electron chi connectivity index (χ1n) is 3.66. The fourth-order valence-corrected chi connectivity index (χ4v) is 1.25. The van der Waals surface area contributed by atoms with Crippen LogP contribution >= 0.6 is 11.6 Å². The van der Waals surface area contributed by atoms with E-state index in [0.29, 0.717) is 11.1 Å². The zero-order valence-corrected chi connectivity index (χ0v) is 7.92. The van der Waals surface area contributed by atoms with Crippen LogP contribution in [0.4, 0.5) is 13.2 Å². The Labute approximate surface area is 79.3 Å². The van der Waals surface area contributed by atoms with Crippen molar-refractivity contribution < 1.29 is 13.2 Å². The third-order valence-electron chi connectivity index (χ3n) is 1.93. The topological polar surface area (TPSA) is 0 Å².